The second-order valence-electron chi connectivity index (χ2n) is 5.05. The van der Waals surface area contributed by atoms with Crippen molar-refractivity contribution in [1.29, 1.82) is 0 Å². The predicted octanol–water partition coefficient (Wildman–Crippen LogP) is 3.30. The first kappa shape index (κ1) is 18.5. The molecule has 0 amide bonds. The average molecular weight is 318 g/mol. The summed E-state index contributed by atoms with van der Waals surface area (Å²) in [5.74, 6) is -1.58. The van der Waals surface area contributed by atoms with Crippen LogP contribution in [0.3, 0.4) is 0 Å². The van der Waals surface area contributed by atoms with Crippen LogP contribution < -0.4 is 0 Å². The Morgan fingerprint density at radius 3 is 2.65 bits per heavy atom. The molecule has 0 atom stereocenters. The van der Waals surface area contributed by atoms with Gasteiger partial charge in [0.15, 0.2) is 5.78 Å². The van der Waals surface area contributed by atoms with E-state index >= 15 is 0 Å². The van der Waals surface area contributed by atoms with Crippen LogP contribution in [0.4, 0.5) is 0 Å². The highest BCUT2D eigenvalue weighted by Crippen LogP contribution is 2.28. The Morgan fingerprint density at radius 1 is 1.26 bits per heavy atom. The topological polar surface area (TPSA) is 83.8 Å². The standard InChI is InChI=1S/C18H22O5/c1-3-5-7-8-14(19)10-13-11-15(20)12-16(21)17(13)18(22)23-9-6-4-2/h4,7-8,11-12,20-21H,2-3,5-6,9-10H2,1H3/b8-7+. The van der Waals surface area contributed by atoms with Crippen molar-refractivity contribution in [2.24, 2.45) is 0 Å². The zero-order valence-electron chi connectivity index (χ0n) is 13.2. The van der Waals surface area contributed by atoms with Gasteiger partial charge in [0.25, 0.3) is 0 Å². The predicted molar refractivity (Wildman–Crippen MR) is 87.6 cm³/mol. The van der Waals surface area contributed by atoms with Crippen LogP contribution in [-0.4, -0.2) is 28.6 Å². The number of allylic oxidation sites excluding steroid dienone is 2. The van der Waals surface area contributed by atoms with Gasteiger partial charge in [-0.2, -0.15) is 0 Å². The van der Waals surface area contributed by atoms with Crippen molar-refractivity contribution in [3.8, 4) is 11.5 Å². The number of ether oxygens (including phenoxy) is 1. The molecular formula is C18H22O5. The summed E-state index contributed by atoms with van der Waals surface area (Å²) < 4.78 is 5.03. The summed E-state index contributed by atoms with van der Waals surface area (Å²) in [6, 6.07) is 2.33. The molecule has 5 heteroatoms. The maximum atomic E-state index is 12.1. The van der Waals surface area contributed by atoms with Gasteiger partial charge in [-0.05, 0) is 30.5 Å². The van der Waals surface area contributed by atoms with Crippen LogP contribution in [0.25, 0.3) is 0 Å². The Bertz CT molecular complexity index is 602. The number of aromatic hydroxyl groups is 2. The van der Waals surface area contributed by atoms with Crippen molar-refractivity contribution in [3.05, 3.63) is 48.1 Å². The monoisotopic (exact) mass is 318 g/mol. The van der Waals surface area contributed by atoms with Gasteiger partial charge in [-0.1, -0.05) is 25.5 Å². The Kier molecular flexibility index (Phi) is 7.60. The molecule has 1 rings (SSSR count). The van der Waals surface area contributed by atoms with Gasteiger partial charge in [0.05, 0.1) is 6.61 Å². The maximum Gasteiger partial charge on any atom is 0.342 e. The number of carbonyl (C=O) groups is 2. The molecule has 0 saturated heterocycles. The lowest BCUT2D eigenvalue weighted by Gasteiger charge is -2.11. The molecule has 0 aliphatic carbocycles. The van der Waals surface area contributed by atoms with E-state index in [0.717, 1.165) is 18.9 Å². The largest absolute Gasteiger partial charge is 0.508 e. The van der Waals surface area contributed by atoms with E-state index in [2.05, 4.69) is 6.58 Å². The minimum atomic E-state index is -0.732. The van der Waals surface area contributed by atoms with Gasteiger partial charge in [-0.15, -0.1) is 6.58 Å². The number of phenolic OH excluding ortho intramolecular Hbond substituents is 2. The molecule has 124 valence electrons. The first-order valence-electron chi connectivity index (χ1n) is 7.51. The number of hydrogen-bond acceptors (Lipinski definition) is 5. The van der Waals surface area contributed by atoms with E-state index in [4.69, 9.17) is 4.74 Å². The van der Waals surface area contributed by atoms with Crippen LogP contribution in [0.15, 0.2) is 36.9 Å². The van der Waals surface area contributed by atoms with E-state index in [1.807, 2.05) is 6.92 Å². The minimum Gasteiger partial charge on any atom is -0.508 e. The highest BCUT2D eigenvalue weighted by atomic mass is 16.5. The fourth-order valence-electron chi connectivity index (χ4n) is 1.98. The van der Waals surface area contributed by atoms with Crippen molar-refractivity contribution in [2.75, 3.05) is 6.61 Å². The van der Waals surface area contributed by atoms with Crippen LogP contribution in [0.2, 0.25) is 0 Å². The fourth-order valence-corrected chi connectivity index (χ4v) is 1.98. The lowest BCUT2D eigenvalue weighted by molar-refractivity contribution is -0.114. The molecule has 23 heavy (non-hydrogen) atoms. The highest BCUT2D eigenvalue weighted by Gasteiger charge is 2.20. The SMILES string of the molecule is C=CCCOC(=O)c1c(O)cc(O)cc1CC(=O)/C=C/CCC. The van der Waals surface area contributed by atoms with E-state index in [0.29, 0.717) is 6.42 Å². The molecule has 0 unspecified atom stereocenters. The van der Waals surface area contributed by atoms with Gasteiger partial charge in [0.1, 0.15) is 17.1 Å². The van der Waals surface area contributed by atoms with Crippen molar-refractivity contribution in [2.45, 2.75) is 32.6 Å². The Hall–Kier alpha value is -2.56. The smallest absolute Gasteiger partial charge is 0.342 e. The fraction of sp³-hybridized carbons (Fsp3) is 0.333. The van der Waals surface area contributed by atoms with Crippen LogP contribution in [0.5, 0.6) is 11.5 Å². The third-order valence-corrected chi connectivity index (χ3v) is 3.07. The Labute approximate surface area is 135 Å². The molecule has 0 fully saturated rings. The molecule has 0 heterocycles. The normalized spacial score (nSPS) is 10.7. The molecule has 0 radical (unpaired) electrons. The van der Waals surface area contributed by atoms with E-state index in [9.17, 15) is 19.8 Å². The Balaban J connectivity index is 2.98. The van der Waals surface area contributed by atoms with Crippen molar-refractivity contribution >= 4 is 11.8 Å². The van der Waals surface area contributed by atoms with E-state index in [-0.39, 0.29) is 35.7 Å². The molecule has 0 saturated carbocycles. The summed E-state index contributed by atoms with van der Waals surface area (Å²) in [4.78, 5) is 24.0. The lowest BCUT2D eigenvalue weighted by atomic mass is 10.0. The number of carbonyl (C=O) groups excluding carboxylic acids is 2. The second-order valence-corrected chi connectivity index (χ2v) is 5.05. The van der Waals surface area contributed by atoms with E-state index in [1.54, 1.807) is 12.2 Å². The lowest BCUT2D eigenvalue weighted by Crippen LogP contribution is -2.11. The quantitative estimate of drug-likeness (QED) is 0.316. The van der Waals surface area contributed by atoms with Gasteiger partial charge in [-0.3, -0.25) is 4.79 Å². The number of hydrogen-bond donors (Lipinski definition) is 2. The third kappa shape index (κ3) is 5.98. The molecule has 5 nitrogen and oxygen atoms in total. The van der Waals surface area contributed by atoms with Crippen LogP contribution >= 0.6 is 0 Å². The second kappa shape index (κ2) is 9.46. The summed E-state index contributed by atoms with van der Waals surface area (Å²) >= 11 is 0. The zero-order chi connectivity index (χ0) is 17.2. The molecular weight excluding hydrogens is 296 g/mol. The number of ketones is 1. The average Bonchev–Trinajstić information content (AvgIpc) is 2.47. The van der Waals surface area contributed by atoms with Crippen LogP contribution in [0.1, 0.15) is 42.1 Å². The molecule has 0 aromatic heterocycles. The maximum absolute atomic E-state index is 12.1. The van der Waals surface area contributed by atoms with Gasteiger partial charge >= 0.3 is 5.97 Å². The molecule has 2 N–H and O–H groups in total. The summed E-state index contributed by atoms with van der Waals surface area (Å²) in [6.45, 7) is 5.66. The Morgan fingerprint density at radius 2 is 2.00 bits per heavy atom. The van der Waals surface area contributed by atoms with Crippen LogP contribution in [-0.2, 0) is 16.0 Å². The highest BCUT2D eigenvalue weighted by molar-refractivity contribution is 5.98. The van der Waals surface area contributed by atoms with E-state index < -0.39 is 11.7 Å². The van der Waals surface area contributed by atoms with Gasteiger partial charge in [-0.25, -0.2) is 4.79 Å². The van der Waals surface area contributed by atoms with Crippen LogP contribution in [0, 0.1) is 0 Å². The molecule has 1 aromatic rings. The molecule has 0 aliphatic rings. The van der Waals surface area contributed by atoms with Gasteiger partial charge in [0, 0.05) is 12.5 Å². The van der Waals surface area contributed by atoms with Gasteiger partial charge < -0.3 is 14.9 Å². The van der Waals surface area contributed by atoms with Crippen molar-refractivity contribution in [3.63, 3.8) is 0 Å². The number of unbranched alkanes of at least 4 members (excludes halogenated alkanes) is 1. The molecule has 0 bridgehead atoms. The number of esters is 1. The van der Waals surface area contributed by atoms with E-state index in [1.165, 1.54) is 12.1 Å². The van der Waals surface area contributed by atoms with Crippen molar-refractivity contribution < 1.29 is 24.5 Å². The summed E-state index contributed by atoms with van der Waals surface area (Å²) in [7, 11) is 0. The summed E-state index contributed by atoms with van der Waals surface area (Å²) in [5, 5.41) is 19.5. The number of phenols is 2. The number of benzene rings is 1. The molecule has 0 aliphatic heterocycles. The first-order chi connectivity index (χ1) is 11.0. The summed E-state index contributed by atoms with van der Waals surface area (Å²) in [6.07, 6.45) is 6.90. The van der Waals surface area contributed by atoms with Gasteiger partial charge in [0.2, 0.25) is 0 Å². The molecule has 0 spiro atoms. The summed E-state index contributed by atoms with van der Waals surface area (Å²) in [5.41, 5.74) is 0.140. The zero-order valence-corrected chi connectivity index (χ0v) is 13.2. The first-order valence-corrected chi connectivity index (χ1v) is 7.51. The number of rotatable bonds is 9. The molecule has 1 aromatic carbocycles. The van der Waals surface area contributed by atoms with Crippen molar-refractivity contribution in [1.82, 2.24) is 0 Å². The minimum absolute atomic E-state index is 0.0934. The third-order valence-electron chi connectivity index (χ3n) is 3.07.